The van der Waals surface area contributed by atoms with Crippen molar-refractivity contribution in [2.24, 2.45) is 5.11 Å². The molecule has 0 saturated heterocycles. The topological polar surface area (TPSA) is 69.0 Å². The minimum atomic E-state index is -0.461. The van der Waals surface area contributed by atoms with E-state index in [-0.39, 0.29) is 0 Å². The normalized spacial score (nSPS) is 16.9. The molecule has 1 aliphatic carbocycles. The number of hydrogen-bond donors (Lipinski definition) is 1. The zero-order valence-electron chi connectivity index (χ0n) is 8.43. The van der Waals surface area contributed by atoms with Crippen LogP contribution in [0.4, 0.5) is 0 Å². The van der Waals surface area contributed by atoms with Gasteiger partial charge in [-0.25, -0.2) is 0 Å². The minimum absolute atomic E-state index is 0.378. The van der Waals surface area contributed by atoms with Crippen LogP contribution in [0.1, 0.15) is 24.0 Å². The van der Waals surface area contributed by atoms with Crippen molar-refractivity contribution in [2.75, 3.05) is 0 Å². The van der Waals surface area contributed by atoms with Crippen molar-refractivity contribution in [1.82, 2.24) is 0 Å². The Labute approximate surface area is 88.2 Å². The van der Waals surface area contributed by atoms with E-state index < -0.39 is 5.60 Å². The largest absolute Gasteiger partial charge is 0.390 e. The van der Waals surface area contributed by atoms with Crippen LogP contribution < -0.4 is 0 Å². The van der Waals surface area contributed by atoms with E-state index in [4.69, 9.17) is 5.53 Å². The number of azide groups is 1. The fourth-order valence-electron chi connectivity index (χ4n) is 1.65. The molecule has 0 aromatic heterocycles. The first-order chi connectivity index (χ1) is 7.22. The SMILES string of the molecule is [N-]=[N+]=NCc1cccc(CC2(O)CC2)c1. The van der Waals surface area contributed by atoms with Crippen LogP contribution in [0.25, 0.3) is 10.4 Å². The van der Waals surface area contributed by atoms with Crippen molar-refractivity contribution in [3.05, 3.63) is 45.8 Å². The zero-order chi connectivity index (χ0) is 10.7. The molecule has 1 saturated carbocycles. The molecule has 4 heteroatoms. The van der Waals surface area contributed by atoms with E-state index >= 15 is 0 Å². The summed E-state index contributed by atoms with van der Waals surface area (Å²) in [6.45, 7) is 0.378. The molecule has 0 amide bonds. The summed E-state index contributed by atoms with van der Waals surface area (Å²) in [4.78, 5) is 2.72. The van der Waals surface area contributed by atoms with Crippen LogP contribution in [0, 0.1) is 0 Å². The molecule has 4 nitrogen and oxygen atoms in total. The van der Waals surface area contributed by atoms with Crippen molar-refractivity contribution in [3.63, 3.8) is 0 Å². The first-order valence-corrected chi connectivity index (χ1v) is 5.03. The van der Waals surface area contributed by atoms with Gasteiger partial charge in [0.25, 0.3) is 0 Å². The van der Waals surface area contributed by atoms with Gasteiger partial charge in [0.15, 0.2) is 0 Å². The number of nitrogens with zero attached hydrogens (tertiary/aromatic N) is 3. The molecule has 1 N–H and O–H groups in total. The number of aliphatic hydroxyl groups is 1. The molecular formula is C11H13N3O. The molecule has 78 valence electrons. The number of rotatable bonds is 4. The standard InChI is InChI=1S/C11H13N3O/c12-14-13-8-10-3-1-2-9(6-10)7-11(15)4-5-11/h1-3,6,15H,4-5,7-8H2. The first-order valence-electron chi connectivity index (χ1n) is 5.03. The third-order valence-corrected chi connectivity index (χ3v) is 2.67. The van der Waals surface area contributed by atoms with E-state index in [9.17, 15) is 5.11 Å². The molecule has 0 aliphatic heterocycles. The fourth-order valence-corrected chi connectivity index (χ4v) is 1.65. The van der Waals surface area contributed by atoms with Crippen molar-refractivity contribution in [1.29, 1.82) is 0 Å². The van der Waals surface area contributed by atoms with E-state index in [0.717, 1.165) is 24.0 Å². The van der Waals surface area contributed by atoms with E-state index in [2.05, 4.69) is 10.0 Å². The molecule has 1 fully saturated rings. The van der Waals surface area contributed by atoms with Crippen molar-refractivity contribution in [2.45, 2.75) is 31.4 Å². The minimum Gasteiger partial charge on any atom is -0.390 e. The van der Waals surface area contributed by atoms with Gasteiger partial charge in [0, 0.05) is 11.3 Å². The van der Waals surface area contributed by atoms with Gasteiger partial charge in [-0.3, -0.25) is 0 Å². The highest BCUT2D eigenvalue weighted by Crippen LogP contribution is 2.38. The Hall–Kier alpha value is -1.51. The van der Waals surface area contributed by atoms with Gasteiger partial charge in [-0.2, -0.15) is 0 Å². The van der Waals surface area contributed by atoms with Gasteiger partial charge in [-0.15, -0.1) is 0 Å². The van der Waals surface area contributed by atoms with Gasteiger partial charge in [-0.1, -0.05) is 29.4 Å². The molecule has 0 atom stereocenters. The zero-order valence-corrected chi connectivity index (χ0v) is 8.43. The lowest BCUT2D eigenvalue weighted by Crippen LogP contribution is -2.10. The van der Waals surface area contributed by atoms with Gasteiger partial charge in [-0.05, 0) is 29.5 Å². The molecule has 0 spiro atoms. The molecule has 0 unspecified atom stereocenters. The highest BCUT2D eigenvalue weighted by molar-refractivity contribution is 5.26. The maximum Gasteiger partial charge on any atom is 0.0690 e. The second kappa shape index (κ2) is 3.93. The molecule has 0 bridgehead atoms. The second-order valence-electron chi connectivity index (χ2n) is 4.11. The smallest absolute Gasteiger partial charge is 0.0690 e. The van der Waals surface area contributed by atoms with Crippen LogP contribution in [-0.4, -0.2) is 10.7 Å². The summed E-state index contributed by atoms with van der Waals surface area (Å²) in [5.74, 6) is 0. The third kappa shape index (κ3) is 2.72. The van der Waals surface area contributed by atoms with E-state index in [1.807, 2.05) is 24.3 Å². The molecule has 2 rings (SSSR count). The Kier molecular flexibility index (Phi) is 2.62. The van der Waals surface area contributed by atoms with Gasteiger partial charge < -0.3 is 5.11 Å². The summed E-state index contributed by atoms with van der Waals surface area (Å²) in [6, 6.07) is 7.85. The average molecular weight is 203 g/mol. The van der Waals surface area contributed by atoms with Gasteiger partial charge in [0.1, 0.15) is 0 Å². The molecule has 1 aliphatic rings. The van der Waals surface area contributed by atoms with Crippen LogP contribution in [0.5, 0.6) is 0 Å². The summed E-state index contributed by atoms with van der Waals surface area (Å²) in [5, 5.41) is 13.3. The Bertz CT molecular complexity index is 406. The van der Waals surface area contributed by atoms with Gasteiger partial charge in [0.05, 0.1) is 12.1 Å². The predicted molar refractivity (Wildman–Crippen MR) is 57.2 cm³/mol. The lowest BCUT2D eigenvalue weighted by Gasteiger charge is -2.08. The molecular weight excluding hydrogens is 190 g/mol. The maximum absolute atomic E-state index is 9.77. The van der Waals surface area contributed by atoms with Crippen LogP contribution in [-0.2, 0) is 13.0 Å². The third-order valence-electron chi connectivity index (χ3n) is 2.67. The first kappa shape index (κ1) is 10.0. The number of benzene rings is 1. The van der Waals surface area contributed by atoms with Crippen LogP contribution in [0.15, 0.2) is 29.4 Å². The van der Waals surface area contributed by atoms with E-state index in [1.54, 1.807) is 0 Å². The van der Waals surface area contributed by atoms with Gasteiger partial charge in [0.2, 0.25) is 0 Å². The average Bonchev–Trinajstić information content (AvgIpc) is 2.93. The van der Waals surface area contributed by atoms with Crippen molar-refractivity contribution >= 4 is 0 Å². The number of hydrogen-bond acceptors (Lipinski definition) is 2. The highest BCUT2D eigenvalue weighted by Gasteiger charge is 2.39. The Morgan fingerprint density at radius 2 is 2.13 bits per heavy atom. The van der Waals surface area contributed by atoms with Crippen molar-refractivity contribution < 1.29 is 5.11 Å². The van der Waals surface area contributed by atoms with Gasteiger partial charge >= 0.3 is 0 Å². The lowest BCUT2D eigenvalue weighted by atomic mass is 10.0. The van der Waals surface area contributed by atoms with E-state index in [0.29, 0.717) is 13.0 Å². The molecule has 0 heterocycles. The summed E-state index contributed by atoms with van der Waals surface area (Å²) in [5.41, 5.74) is 9.86. The summed E-state index contributed by atoms with van der Waals surface area (Å²) in [6.07, 6.45) is 2.50. The Morgan fingerprint density at radius 3 is 2.80 bits per heavy atom. The van der Waals surface area contributed by atoms with Crippen LogP contribution >= 0.6 is 0 Å². The van der Waals surface area contributed by atoms with E-state index in [1.165, 1.54) is 0 Å². The monoisotopic (exact) mass is 203 g/mol. The molecule has 15 heavy (non-hydrogen) atoms. The summed E-state index contributed by atoms with van der Waals surface area (Å²) < 4.78 is 0. The van der Waals surface area contributed by atoms with Crippen LogP contribution in [0.3, 0.4) is 0 Å². The lowest BCUT2D eigenvalue weighted by molar-refractivity contribution is 0.151. The quantitative estimate of drug-likeness (QED) is 0.456. The summed E-state index contributed by atoms with van der Waals surface area (Å²) in [7, 11) is 0. The Balaban J connectivity index is 2.07. The molecule has 1 aromatic rings. The fraction of sp³-hybridized carbons (Fsp3) is 0.455. The van der Waals surface area contributed by atoms with Crippen molar-refractivity contribution in [3.8, 4) is 0 Å². The molecule has 1 aromatic carbocycles. The second-order valence-corrected chi connectivity index (χ2v) is 4.11. The molecule has 0 radical (unpaired) electrons. The predicted octanol–water partition coefficient (Wildman–Crippen LogP) is 2.56. The Morgan fingerprint density at radius 1 is 1.40 bits per heavy atom. The highest BCUT2D eigenvalue weighted by atomic mass is 16.3. The summed E-state index contributed by atoms with van der Waals surface area (Å²) >= 11 is 0. The maximum atomic E-state index is 9.77. The van der Waals surface area contributed by atoms with Crippen LogP contribution in [0.2, 0.25) is 0 Å².